The van der Waals surface area contributed by atoms with Crippen molar-refractivity contribution < 1.29 is 0 Å². The van der Waals surface area contributed by atoms with Gasteiger partial charge in [0.25, 0.3) is 0 Å². The first-order chi connectivity index (χ1) is 5.74. The van der Waals surface area contributed by atoms with Crippen LogP contribution in [0, 0.1) is 11.3 Å². The van der Waals surface area contributed by atoms with Gasteiger partial charge in [-0.1, -0.05) is 0 Å². The average molecular weight is 181 g/mol. The van der Waals surface area contributed by atoms with Crippen molar-refractivity contribution in [3.8, 4) is 6.07 Å². The molecule has 1 heterocycles. The first kappa shape index (κ1) is 9.17. The highest BCUT2D eigenvalue weighted by Crippen LogP contribution is 2.12. The van der Waals surface area contributed by atoms with Crippen molar-refractivity contribution in [2.75, 3.05) is 0 Å². The van der Waals surface area contributed by atoms with Gasteiger partial charge >= 0.3 is 0 Å². The molecular weight excluding hydrogens is 170 g/mol. The highest BCUT2D eigenvalue weighted by Gasteiger charge is 2.12. The minimum atomic E-state index is -0.267. The Bertz CT molecular complexity index is 260. The maximum absolute atomic E-state index is 8.80. The van der Waals surface area contributed by atoms with E-state index in [4.69, 9.17) is 5.26 Å². The summed E-state index contributed by atoms with van der Waals surface area (Å²) in [5, 5.41) is 13.8. The summed E-state index contributed by atoms with van der Waals surface area (Å²) in [5.74, 6) is 0. The first-order valence-corrected chi connectivity index (χ1v) is 4.72. The van der Waals surface area contributed by atoms with Gasteiger partial charge in [0.15, 0.2) is 0 Å². The monoisotopic (exact) mass is 181 g/mol. The number of hydrogen-bond acceptors (Lipinski definition) is 4. The topological polar surface area (TPSA) is 48.7 Å². The Morgan fingerprint density at radius 3 is 2.83 bits per heavy atom. The van der Waals surface area contributed by atoms with Gasteiger partial charge in [-0.3, -0.25) is 5.32 Å². The Kier molecular flexibility index (Phi) is 3.20. The number of nitrogens with zero attached hydrogens (tertiary/aromatic N) is 2. The first-order valence-electron chi connectivity index (χ1n) is 3.77. The summed E-state index contributed by atoms with van der Waals surface area (Å²) in [4.78, 5) is 4.07. The summed E-state index contributed by atoms with van der Waals surface area (Å²) in [7, 11) is 0. The molecule has 0 radical (unpaired) electrons. The van der Waals surface area contributed by atoms with E-state index in [1.54, 1.807) is 5.51 Å². The molecule has 0 saturated carbocycles. The second-order valence-electron chi connectivity index (χ2n) is 2.80. The van der Waals surface area contributed by atoms with Crippen molar-refractivity contribution in [1.82, 2.24) is 10.3 Å². The number of hydrogen-bond donors (Lipinski definition) is 1. The molecule has 0 aliphatic heterocycles. The van der Waals surface area contributed by atoms with Gasteiger partial charge in [0.1, 0.15) is 6.04 Å². The normalized spacial score (nSPS) is 12.8. The Hall–Kier alpha value is -0.920. The highest BCUT2D eigenvalue weighted by molar-refractivity contribution is 7.07. The van der Waals surface area contributed by atoms with E-state index < -0.39 is 0 Å². The van der Waals surface area contributed by atoms with Crippen molar-refractivity contribution in [3.05, 3.63) is 16.6 Å². The predicted molar refractivity (Wildman–Crippen MR) is 48.7 cm³/mol. The third-order valence-corrected chi connectivity index (χ3v) is 1.98. The van der Waals surface area contributed by atoms with Gasteiger partial charge in [-0.25, -0.2) is 4.98 Å². The molecule has 0 aliphatic carbocycles. The van der Waals surface area contributed by atoms with E-state index in [-0.39, 0.29) is 6.04 Å². The van der Waals surface area contributed by atoms with Gasteiger partial charge < -0.3 is 0 Å². The molecule has 1 atom stereocenters. The van der Waals surface area contributed by atoms with Crippen LogP contribution in [0.2, 0.25) is 0 Å². The van der Waals surface area contributed by atoms with Crippen molar-refractivity contribution in [2.45, 2.75) is 25.9 Å². The fourth-order valence-corrected chi connectivity index (χ4v) is 1.47. The molecule has 64 valence electrons. The molecule has 1 aromatic heterocycles. The van der Waals surface area contributed by atoms with E-state index in [1.807, 2.05) is 19.2 Å². The van der Waals surface area contributed by atoms with Gasteiger partial charge in [0.05, 0.1) is 17.3 Å². The van der Waals surface area contributed by atoms with E-state index in [0.29, 0.717) is 6.04 Å². The summed E-state index contributed by atoms with van der Waals surface area (Å²) in [6, 6.07) is 2.20. The van der Waals surface area contributed by atoms with Crippen molar-refractivity contribution in [2.24, 2.45) is 0 Å². The van der Waals surface area contributed by atoms with Crippen LogP contribution in [0.25, 0.3) is 0 Å². The molecule has 0 bridgehead atoms. The standard InChI is InChI=1S/C8H11N3S/c1-6(2)11-7(3-9)8-4-12-5-10-8/h4-7,11H,1-2H3. The summed E-state index contributed by atoms with van der Waals surface area (Å²) in [6.07, 6.45) is 0. The van der Waals surface area contributed by atoms with Gasteiger partial charge in [-0.15, -0.1) is 11.3 Å². The SMILES string of the molecule is CC(C)NC(C#N)c1cscn1. The molecular formula is C8H11N3S. The zero-order valence-corrected chi connectivity index (χ0v) is 7.93. The molecule has 0 aromatic carbocycles. The molecule has 1 rings (SSSR count). The quantitative estimate of drug-likeness (QED) is 0.772. The molecule has 0 amide bonds. The second-order valence-corrected chi connectivity index (χ2v) is 3.52. The van der Waals surface area contributed by atoms with Gasteiger partial charge in [0, 0.05) is 11.4 Å². The Morgan fingerprint density at radius 1 is 1.67 bits per heavy atom. The van der Waals surface area contributed by atoms with Crippen LogP contribution < -0.4 is 5.32 Å². The van der Waals surface area contributed by atoms with Crippen LogP contribution in [-0.2, 0) is 0 Å². The molecule has 1 unspecified atom stereocenters. The smallest absolute Gasteiger partial charge is 0.139 e. The minimum Gasteiger partial charge on any atom is -0.295 e. The minimum absolute atomic E-state index is 0.267. The van der Waals surface area contributed by atoms with E-state index in [9.17, 15) is 0 Å². The van der Waals surface area contributed by atoms with E-state index in [1.165, 1.54) is 11.3 Å². The Balaban J connectivity index is 2.65. The van der Waals surface area contributed by atoms with E-state index >= 15 is 0 Å². The van der Waals surface area contributed by atoms with Crippen LogP contribution in [0.3, 0.4) is 0 Å². The zero-order valence-electron chi connectivity index (χ0n) is 7.11. The summed E-state index contributed by atoms with van der Waals surface area (Å²) < 4.78 is 0. The lowest BCUT2D eigenvalue weighted by Crippen LogP contribution is -2.27. The lowest BCUT2D eigenvalue weighted by atomic mass is 10.2. The third-order valence-electron chi connectivity index (χ3n) is 1.38. The molecule has 1 N–H and O–H groups in total. The second kappa shape index (κ2) is 4.19. The lowest BCUT2D eigenvalue weighted by molar-refractivity contribution is 0.539. The summed E-state index contributed by atoms with van der Waals surface area (Å²) in [5.41, 5.74) is 2.55. The Labute approximate surface area is 76.1 Å². The summed E-state index contributed by atoms with van der Waals surface area (Å²) in [6.45, 7) is 4.02. The third kappa shape index (κ3) is 2.29. The number of rotatable bonds is 3. The maximum atomic E-state index is 8.80. The molecule has 0 spiro atoms. The molecule has 12 heavy (non-hydrogen) atoms. The molecule has 0 fully saturated rings. The summed E-state index contributed by atoms with van der Waals surface area (Å²) >= 11 is 1.51. The van der Waals surface area contributed by atoms with Crippen LogP contribution in [-0.4, -0.2) is 11.0 Å². The zero-order chi connectivity index (χ0) is 8.97. The molecule has 0 saturated heterocycles. The van der Waals surface area contributed by atoms with Gasteiger partial charge in [0.2, 0.25) is 0 Å². The van der Waals surface area contributed by atoms with Crippen molar-refractivity contribution in [3.63, 3.8) is 0 Å². The fraction of sp³-hybridized carbons (Fsp3) is 0.500. The number of thiazole rings is 1. The molecule has 3 nitrogen and oxygen atoms in total. The number of nitrogens with one attached hydrogen (secondary N) is 1. The van der Waals surface area contributed by atoms with Crippen LogP contribution in [0.4, 0.5) is 0 Å². The largest absolute Gasteiger partial charge is 0.295 e. The number of aromatic nitrogens is 1. The Morgan fingerprint density at radius 2 is 2.42 bits per heavy atom. The average Bonchev–Trinajstić information content (AvgIpc) is 2.51. The van der Waals surface area contributed by atoms with Crippen LogP contribution in [0.15, 0.2) is 10.9 Å². The van der Waals surface area contributed by atoms with E-state index in [0.717, 1.165) is 5.69 Å². The highest BCUT2D eigenvalue weighted by atomic mass is 32.1. The lowest BCUT2D eigenvalue weighted by Gasteiger charge is -2.11. The van der Waals surface area contributed by atoms with Gasteiger partial charge in [-0.2, -0.15) is 5.26 Å². The number of nitriles is 1. The van der Waals surface area contributed by atoms with Crippen molar-refractivity contribution in [1.29, 1.82) is 5.26 Å². The molecule has 1 aromatic rings. The van der Waals surface area contributed by atoms with E-state index in [2.05, 4.69) is 16.4 Å². The van der Waals surface area contributed by atoms with Crippen molar-refractivity contribution >= 4 is 11.3 Å². The predicted octanol–water partition coefficient (Wildman–Crippen LogP) is 1.71. The van der Waals surface area contributed by atoms with Crippen LogP contribution in [0.1, 0.15) is 25.6 Å². The maximum Gasteiger partial charge on any atom is 0.139 e. The van der Waals surface area contributed by atoms with Crippen LogP contribution in [0.5, 0.6) is 0 Å². The fourth-order valence-electron chi connectivity index (χ4n) is 0.887. The molecule has 4 heteroatoms. The molecule has 0 aliphatic rings. The van der Waals surface area contributed by atoms with Gasteiger partial charge in [-0.05, 0) is 13.8 Å². The van der Waals surface area contributed by atoms with Crippen LogP contribution >= 0.6 is 11.3 Å².